The molecule has 0 aromatic carbocycles. The number of nitrogen functional groups attached to an aromatic ring is 1. The maximum atomic E-state index is 6.00. The highest BCUT2D eigenvalue weighted by Gasteiger charge is 2.18. The van der Waals surface area contributed by atoms with E-state index in [1.54, 1.807) is 17.5 Å². The van der Waals surface area contributed by atoms with Gasteiger partial charge in [-0.25, -0.2) is 15.0 Å². The third kappa shape index (κ3) is 1.65. The van der Waals surface area contributed by atoms with Crippen LogP contribution in [0.1, 0.15) is 23.5 Å². The number of nitrogens with two attached hydrogens (primary N) is 1. The van der Waals surface area contributed by atoms with Gasteiger partial charge in [0.1, 0.15) is 10.5 Å². The molecule has 0 saturated heterocycles. The second-order valence-electron chi connectivity index (χ2n) is 4.24. The molecule has 92 valence electrons. The van der Waals surface area contributed by atoms with Crippen LogP contribution in [0.3, 0.4) is 0 Å². The lowest BCUT2D eigenvalue weighted by atomic mass is 10.3. The van der Waals surface area contributed by atoms with Crippen LogP contribution in [0.4, 0.5) is 5.95 Å². The summed E-state index contributed by atoms with van der Waals surface area (Å²) in [5.41, 5.74) is 8.71. The third-order valence-electron chi connectivity index (χ3n) is 2.89. The van der Waals surface area contributed by atoms with Crippen molar-refractivity contribution in [3.8, 4) is 0 Å². The van der Waals surface area contributed by atoms with E-state index in [0.717, 1.165) is 21.7 Å². The smallest absolute Gasteiger partial charge is 0.203 e. The predicted molar refractivity (Wildman–Crippen MR) is 72.6 cm³/mol. The molecule has 0 radical (unpaired) electrons. The molecule has 0 saturated carbocycles. The molecule has 0 spiro atoms. The van der Waals surface area contributed by atoms with Crippen molar-refractivity contribution in [1.29, 1.82) is 0 Å². The molecule has 0 aliphatic rings. The summed E-state index contributed by atoms with van der Waals surface area (Å²) in [7, 11) is 0. The van der Waals surface area contributed by atoms with Crippen LogP contribution in [0.5, 0.6) is 0 Å². The Balaban J connectivity index is 2.19. The Bertz CT molecular complexity index is 686. The lowest BCUT2D eigenvalue weighted by Crippen LogP contribution is -2.10. The fourth-order valence-electron chi connectivity index (χ4n) is 2.03. The van der Waals surface area contributed by atoms with Crippen molar-refractivity contribution >= 4 is 28.4 Å². The summed E-state index contributed by atoms with van der Waals surface area (Å²) in [6.45, 7) is 4.05. The Morgan fingerprint density at radius 1 is 1.39 bits per heavy atom. The zero-order valence-electron chi connectivity index (χ0n) is 10.2. The summed E-state index contributed by atoms with van der Waals surface area (Å²) in [5.74, 6) is 0.478. The minimum atomic E-state index is 0.0465. The molecule has 6 heteroatoms. The summed E-state index contributed by atoms with van der Waals surface area (Å²) >= 11 is 1.61. The van der Waals surface area contributed by atoms with Gasteiger partial charge in [0.15, 0.2) is 5.65 Å². The second kappa shape index (κ2) is 4.06. The zero-order valence-corrected chi connectivity index (χ0v) is 11.0. The molecule has 0 bridgehead atoms. The van der Waals surface area contributed by atoms with Gasteiger partial charge >= 0.3 is 0 Å². The molecule has 1 unspecified atom stereocenters. The SMILES string of the molecule is Cc1cnc2c(c1)nc(N)n2C(C)c1nccs1. The average molecular weight is 259 g/mol. The van der Waals surface area contributed by atoms with Gasteiger partial charge in [-0.1, -0.05) is 0 Å². The lowest BCUT2D eigenvalue weighted by Gasteiger charge is -2.12. The molecule has 0 amide bonds. The maximum absolute atomic E-state index is 6.00. The van der Waals surface area contributed by atoms with E-state index in [1.807, 2.05) is 29.1 Å². The van der Waals surface area contributed by atoms with Crippen molar-refractivity contribution < 1.29 is 0 Å². The number of imidazole rings is 1. The number of rotatable bonds is 2. The Kier molecular flexibility index (Phi) is 2.52. The van der Waals surface area contributed by atoms with Crippen LogP contribution in [-0.4, -0.2) is 19.5 Å². The van der Waals surface area contributed by atoms with Crippen molar-refractivity contribution in [2.75, 3.05) is 5.73 Å². The van der Waals surface area contributed by atoms with E-state index in [4.69, 9.17) is 5.73 Å². The number of anilines is 1. The largest absolute Gasteiger partial charge is 0.369 e. The van der Waals surface area contributed by atoms with Gasteiger partial charge in [0.25, 0.3) is 0 Å². The first-order chi connectivity index (χ1) is 8.66. The third-order valence-corrected chi connectivity index (χ3v) is 3.84. The van der Waals surface area contributed by atoms with Gasteiger partial charge < -0.3 is 5.73 Å². The van der Waals surface area contributed by atoms with Gasteiger partial charge in [-0.2, -0.15) is 0 Å². The molecule has 18 heavy (non-hydrogen) atoms. The van der Waals surface area contributed by atoms with Gasteiger partial charge in [0, 0.05) is 17.8 Å². The molecule has 0 fully saturated rings. The van der Waals surface area contributed by atoms with E-state index < -0.39 is 0 Å². The standard InChI is InChI=1S/C12H13N5S/c1-7-5-9-10(15-6-7)17(12(13)16-9)8(2)11-14-3-4-18-11/h3-6,8H,1-2H3,(H2,13,16). The van der Waals surface area contributed by atoms with Crippen molar-refractivity contribution in [3.05, 3.63) is 34.4 Å². The van der Waals surface area contributed by atoms with Gasteiger partial charge in [0.05, 0.1) is 6.04 Å². The van der Waals surface area contributed by atoms with Gasteiger partial charge in [0.2, 0.25) is 5.95 Å². The number of fused-ring (bicyclic) bond motifs is 1. The number of pyridine rings is 1. The van der Waals surface area contributed by atoms with Crippen molar-refractivity contribution in [2.45, 2.75) is 19.9 Å². The van der Waals surface area contributed by atoms with Crippen LogP contribution >= 0.6 is 11.3 Å². The van der Waals surface area contributed by atoms with E-state index in [2.05, 4.69) is 21.9 Å². The van der Waals surface area contributed by atoms with Gasteiger partial charge in [-0.3, -0.25) is 4.57 Å². The molecule has 1 atom stereocenters. The Morgan fingerprint density at radius 3 is 2.94 bits per heavy atom. The van der Waals surface area contributed by atoms with Crippen molar-refractivity contribution in [3.63, 3.8) is 0 Å². The molecule has 5 nitrogen and oxygen atoms in total. The number of aromatic nitrogens is 4. The molecule has 3 aromatic rings. The van der Waals surface area contributed by atoms with Crippen LogP contribution < -0.4 is 5.73 Å². The number of nitrogens with zero attached hydrogens (tertiary/aromatic N) is 4. The Morgan fingerprint density at radius 2 is 2.22 bits per heavy atom. The first-order valence-electron chi connectivity index (χ1n) is 5.66. The lowest BCUT2D eigenvalue weighted by molar-refractivity contribution is 0.657. The highest BCUT2D eigenvalue weighted by atomic mass is 32.1. The summed E-state index contributed by atoms with van der Waals surface area (Å²) in [5, 5.41) is 2.96. The second-order valence-corrected chi connectivity index (χ2v) is 5.17. The highest BCUT2D eigenvalue weighted by Crippen LogP contribution is 2.27. The van der Waals surface area contributed by atoms with Crippen LogP contribution in [0.2, 0.25) is 0 Å². The van der Waals surface area contributed by atoms with Gasteiger partial charge in [-0.05, 0) is 25.5 Å². The Labute approximate surface area is 108 Å². The molecular weight excluding hydrogens is 246 g/mol. The van der Waals surface area contributed by atoms with Crippen LogP contribution in [0, 0.1) is 6.92 Å². The number of hydrogen-bond donors (Lipinski definition) is 1. The molecular formula is C12H13N5S. The molecule has 0 aliphatic heterocycles. The normalized spacial score (nSPS) is 13.0. The summed E-state index contributed by atoms with van der Waals surface area (Å²) < 4.78 is 1.92. The minimum absolute atomic E-state index is 0.0465. The molecule has 0 aliphatic carbocycles. The van der Waals surface area contributed by atoms with Gasteiger partial charge in [-0.15, -0.1) is 11.3 Å². The van der Waals surface area contributed by atoms with Crippen molar-refractivity contribution in [1.82, 2.24) is 19.5 Å². The van der Waals surface area contributed by atoms with Crippen LogP contribution in [0.15, 0.2) is 23.8 Å². The van der Waals surface area contributed by atoms with E-state index in [1.165, 1.54) is 0 Å². The summed E-state index contributed by atoms with van der Waals surface area (Å²) in [6.07, 6.45) is 3.62. The molecule has 3 aromatic heterocycles. The predicted octanol–water partition coefficient (Wildman–Crippen LogP) is 2.39. The molecule has 3 rings (SSSR count). The topological polar surface area (TPSA) is 69.6 Å². The minimum Gasteiger partial charge on any atom is -0.369 e. The first kappa shape index (κ1) is 11.2. The highest BCUT2D eigenvalue weighted by molar-refractivity contribution is 7.09. The van der Waals surface area contributed by atoms with E-state index in [0.29, 0.717) is 5.95 Å². The van der Waals surface area contributed by atoms with Crippen LogP contribution in [-0.2, 0) is 0 Å². The first-order valence-corrected chi connectivity index (χ1v) is 6.54. The van der Waals surface area contributed by atoms with Crippen molar-refractivity contribution in [2.24, 2.45) is 0 Å². The quantitative estimate of drug-likeness (QED) is 0.767. The average Bonchev–Trinajstić information content (AvgIpc) is 2.94. The van der Waals surface area contributed by atoms with E-state index in [9.17, 15) is 0 Å². The number of aryl methyl sites for hydroxylation is 1. The Hall–Kier alpha value is -1.95. The fourth-order valence-corrected chi connectivity index (χ4v) is 2.72. The van der Waals surface area contributed by atoms with Crippen LogP contribution in [0.25, 0.3) is 11.2 Å². The van der Waals surface area contributed by atoms with E-state index in [-0.39, 0.29) is 6.04 Å². The number of thiazole rings is 1. The monoisotopic (exact) mass is 259 g/mol. The maximum Gasteiger partial charge on any atom is 0.203 e. The number of hydrogen-bond acceptors (Lipinski definition) is 5. The fraction of sp³-hybridized carbons (Fsp3) is 0.250. The zero-order chi connectivity index (χ0) is 12.7. The molecule has 3 heterocycles. The van der Waals surface area contributed by atoms with E-state index >= 15 is 0 Å². The summed E-state index contributed by atoms with van der Waals surface area (Å²) in [6, 6.07) is 2.04. The molecule has 2 N–H and O–H groups in total. The summed E-state index contributed by atoms with van der Waals surface area (Å²) in [4.78, 5) is 13.1.